The maximum Gasteiger partial charge on any atom is 0.314 e. The third-order valence-corrected chi connectivity index (χ3v) is 6.10. The van der Waals surface area contributed by atoms with E-state index in [1.807, 2.05) is 41.5 Å². The molecule has 6 nitrogen and oxygen atoms in total. The van der Waals surface area contributed by atoms with Crippen LogP contribution in [0.15, 0.2) is 29.6 Å². The Morgan fingerprint density at radius 1 is 1.32 bits per heavy atom. The van der Waals surface area contributed by atoms with Crippen LogP contribution in [0.4, 0.5) is 10.5 Å². The van der Waals surface area contributed by atoms with Gasteiger partial charge < -0.3 is 15.5 Å². The molecule has 1 aromatic carbocycles. The molecule has 1 saturated heterocycles. The molecule has 0 radical (unpaired) electrons. The number of thiazole rings is 1. The number of hydrogen-bond acceptors (Lipinski definition) is 4. The molecule has 0 saturated carbocycles. The van der Waals surface area contributed by atoms with E-state index >= 15 is 0 Å². The number of urea groups is 1. The largest absolute Gasteiger partial charge is 0.351 e. The number of aromatic nitrogens is 1. The van der Waals surface area contributed by atoms with Crippen LogP contribution >= 0.6 is 11.3 Å². The van der Waals surface area contributed by atoms with E-state index in [2.05, 4.69) is 4.98 Å². The second kappa shape index (κ2) is 5.84. The van der Waals surface area contributed by atoms with Gasteiger partial charge in [0, 0.05) is 24.2 Å². The van der Waals surface area contributed by atoms with Gasteiger partial charge in [0.2, 0.25) is 5.91 Å². The molecule has 25 heavy (non-hydrogen) atoms. The number of likely N-dealkylation sites (tertiary alicyclic amines) is 1. The SMILES string of the molecule is Cc1nc(CN2C(=O)C3(CCN(C(N)=O)CC3)c3ccccc32)cs1. The zero-order valence-corrected chi connectivity index (χ0v) is 14.9. The van der Waals surface area contributed by atoms with Crippen molar-refractivity contribution < 1.29 is 9.59 Å². The van der Waals surface area contributed by atoms with Crippen molar-refractivity contribution in [1.82, 2.24) is 9.88 Å². The fourth-order valence-electron chi connectivity index (χ4n) is 3.99. The van der Waals surface area contributed by atoms with Gasteiger partial charge in [-0.05, 0) is 31.4 Å². The summed E-state index contributed by atoms with van der Waals surface area (Å²) in [6, 6.07) is 7.57. The Labute approximate surface area is 150 Å². The van der Waals surface area contributed by atoms with Crippen LogP contribution in [0, 0.1) is 6.92 Å². The van der Waals surface area contributed by atoms with E-state index < -0.39 is 11.4 Å². The lowest BCUT2D eigenvalue weighted by atomic mass is 9.73. The Morgan fingerprint density at radius 3 is 2.68 bits per heavy atom. The van der Waals surface area contributed by atoms with E-state index in [0.29, 0.717) is 32.5 Å². The molecule has 2 N–H and O–H groups in total. The maximum atomic E-state index is 13.4. The minimum Gasteiger partial charge on any atom is -0.351 e. The van der Waals surface area contributed by atoms with Crippen LogP contribution in [0.5, 0.6) is 0 Å². The first kappa shape index (κ1) is 16.1. The molecule has 2 aromatic rings. The van der Waals surface area contributed by atoms with Crippen molar-refractivity contribution in [2.45, 2.75) is 31.7 Å². The Bertz CT molecular complexity index is 839. The Kier molecular flexibility index (Phi) is 3.76. The summed E-state index contributed by atoms with van der Waals surface area (Å²) in [7, 11) is 0. The Balaban J connectivity index is 1.68. The number of carbonyl (C=O) groups is 2. The van der Waals surface area contributed by atoms with E-state index in [4.69, 9.17) is 5.73 Å². The number of primary amides is 1. The molecule has 130 valence electrons. The van der Waals surface area contributed by atoms with Gasteiger partial charge in [-0.25, -0.2) is 9.78 Å². The summed E-state index contributed by atoms with van der Waals surface area (Å²) in [5.74, 6) is 0.114. The van der Waals surface area contributed by atoms with Gasteiger partial charge in [-0.3, -0.25) is 4.79 Å². The van der Waals surface area contributed by atoms with Gasteiger partial charge in [-0.1, -0.05) is 18.2 Å². The number of carbonyl (C=O) groups excluding carboxylic acids is 2. The topological polar surface area (TPSA) is 79.5 Å². The monoisotopic (exact) mass is 356 g/mol. The van der Waals surface area contributed by atoms with Gasteiger partial charge in [0.05, 0.1) is 22.7 Å². The van der Waals surface area contributed by atoms with Crippen molar-refractivity contribution >= 4 is 29.0 Å². The van der Waals surface area contributed by atoms with Gasteiger partial charge in [-0.15, -0.1) is 11.3 Å². The van der Waals surface area contributed by atoms with Crippen molar-refractivity contribution in [1.29, 1.82) is 0 Å². The van der Waals surface area contributed by atoms with E-state index in [1.165, 1.54) is 0 Å². The molecule has 2 aliphatic rings. The number of nitrogens with two attached hydrogens (primary N) is 1. The summed E-state index contributed by atoms with van der Waals surface area (Å²) in [6.07, 6.45) is 1.22. The lowest BCUT2D eigenvalue weighted by Crippen LogP contribution is -2.51. The van der Waals surface area contributed by atoms with Gasteiger partial charge in [0.1, 0.15) is 0 Å². The smallest absolute Gasteiger partial charge is 0.314 e. The predicted molar refractivity (Wildman–Crippen MR) is 96.6 cm³/mol. The van der Waals surface area contributed by atoms with Gasteiger partial charge in [0.15, 0.2) is 0 Å². The van der Waals surface area contributed by atoms with E-state index in [9.17, 15) is 9.59 Å². The number of fused-ring (bicyclic) bond motifs is 2. The van der Waals surface area contributed by atoms with Crippen LogP contribution in [0.25, 0.3) is 0 Å². The highest BCUT2D eigenvalue weighted by atomic mass is 32.1. The molecule has 0 unspecified atom stereocenters. The highest BCUT2D eigenvalue weighted by molar-refractivity contribution is 7.09. The third-order valence-electron chi connectivity index (χ3n) is 5.28. The van der Waals surface area contributed by atoms with Crippen molar-refractivity contribution in [3.05, 3.63) is 45.9 Å². The first-order valence-corrected chi connectivity index (χ1v) is 9.26. The Hall–Kier alpha value is -2.41. The number of aryl methyl sites for hydroxylation is 1. The standard InChI is InChI=1S/C18H20N4O2S/c1-12-20-13(11-25-12)10-22-15-5-3-2-4-14(15)18(16(22)23)6-8-21(9-7-18)17(19)24/h2-5,11H,6-10H2,1H3,(H2,19,24). The zero-order valence-electron chi connectivity index (χ0n) is 14.1. The van der Waals surface area contributed by atoms with Crippen LogP contribution in [-0.2, 0) is 16.8 Å². The number of anilines is 1. The average Bonchev–Trinajstić information content (AvgIpc) is 3.12. The van der Waals surface area contributed by atoms with Crippen LogP contribution < -0.4 is 10.6 Å². The highest BCUT2D eigenvalue weighted by Crippen LogP contribution is 2.48. The normalized spacial score (nSPS) is 18.7. The zero-order chi connectivity index (χ0) is 17.6. The lowest BCUT2D eigenvalue weighted by molar-refractivity contribution is -0.124. The summed E-state index contributed by atoms with van der Waals surface area (Å²) in [5, 5.41) is 3.01. The Morgan fingerprint density at radius 2 is 2.04 bits per heavy atom. The molecule has 7 heteroatoms. The highest BCUT2D eigenvalue weighted by Gasteiger charge is 2.52. The second-order valence-electron chi connectivity index (χ2n) is 6.67. The summed E-state index contributed by atoms with van der Waals surface area (Å²) < 4.78 is 0. The van der Waals surface area contributed by atoms with Crippen LogP contribution in [-0.4, -0.2) is 34.9 Å². The molecule has 3 heterocycles. The van der Waals surface area contributed by atoms with Gasteiger partial charge in [0.25, 0.3) is 0 Å². The molecule has 0 aliphatic carbocycles. The van der Waals surface area contributed by atoms with Crippen LogP contribution in [0.3, 0.4) is 0 Å². The summed E-state index contributed by atoms with van der Waals surface area (Å²) in [4.78, 5) is 32.8. The summed E-state index contributed by atoms with van der Waals surface area (Å²) >= 11 is 1.59. The van der Waals surface area contributed by atoms with Crippen molar-refractivity contribution in [3.63, 3.8) is 0 Å². The first-order valence-electron chi connectivity index (χ1n) is 8.38. The van der Waals surface area contributed by atoms with E-state index in [1.54, 1.807) is 16.2 Å². The molecule has 4 rings (SSSR count). The molecule has 3 amide bonds. The number of nitrogens with zero attached hydrogens (tertiary/aromatic N) is 3. The predicted octanol–water partition coefficient (Wildman–Crippen LogP) is 2.41. The van der Waals surface area contributed by atoms with Gasteiger partial charge in [-0.2, -0.15) is 0 Å². The molecule has 1 fully saturated rings. The molecule has 2 aliphatic heterocycles. The molecule has 0 bridgehead atoms. The minimum atomic E-state index is -0.548. The number of para-hydroxylation sites is 1. The fraction of sp³-hybridized carbons (Fsp3) is 0.389. The summed E-state index contributed by atoms with van der Waals surface area (Å²) in [6.45, 7) is 3.48. The number of rotatable bonds is 2. The number of amides is 3. The average molecular weight is 356 g/mol. The van der Waals surface area contributed by atoms with Crippen LogP contribution in [0.2, 0.25) is 0 Å². The molecule has 1 aromatic heterocycles. The lowest BCUT2D eigenvalue weighted by Gasteiger charge is -2.37. The molecule has 1 spiro atoms. The van der Waals surface area contributed by atoms with E-state index in [0.717, 1.165) is 22.0 Å². The van der Waals surface area contributed by atoms with Crippen molar-refractivity contribution in [3.8, 4) is 0 Å². The maximum absolute atomic E-state index is 13.4. The quantitative estimate of drug-likeness (QED) is 0.897. The number of benzene rings is 1. The second-order valence-corrected chi connectivity index (χ2v) is 7.74. The molecular weight excluding hydrogens is 336 g/mol. The third kappa shape index (κ3) is 2.50. The van der Waals surface area contributed by atoms with Gasteiger partial charge >= 0.3 is 6.03 Å². The number of hydrogen-bond donors (Lipinski definition) is 1. The number of piperidine rings is 1. The van der Waals surface area contributed by atoms with Crippen LogP contribution in [0.1, 0.15) is 29.1 Å². The summed E-state index contributed by atoms with van der Waals surface area (Å²) in [5.41, 5.74) is 7.80. The van der Waals surface area contributed by atoms with E-state index in [-0.39, 0.29) is 5.91 Å². The first-order chi connectivity index (χ1) is 12.0. The van der Waals surface area contributed by atoms with Crippen molar-refractivity contribution in [2.24, 2.45) is 5.73 Å². The molecule has 0 atom stereocenters. The minimum absolute atomic E-state index is 0.114. The van der Waals surface area contributed by atoms with Crippen molar-refractivity contribution in [2.75, 3.05) is 18.0 Å². The fourth-order valence-corrected chi connectivity index (χ4v) is 4.59. The molecular formula is C18H20N4O2S.